The van der Waals surface area contributed by atoms with Gasteiger partial charge in [-0.1, -0.05) is 35.2 Å². The van der Waals surface area contributed by atoms with Crippen molar-refractivity contribution in [3.63, 3.8) is 0 Å². The first-order chi connectivity index (χ1) is 16.4. The Balaban J connectivity index is 1.96. The lowest BCUT2D eigenvalue weighted by molar-refractivity contribution is -0.139. The normalized spacial score (nSPS) is 11.0. The number of aromatic nitrogens is 3. The van der Waals surface area contributed by atoms with Crippen molar-refractivity contribution in [3.05, 3.63) is 68.7 Å². The highest BCUT2D eigenvalue weighted by atomic mass is 32.2. The third kappa shape index (κ3) is 4.77. The molecule has 0 radical (unpaired) electrons. The molecule has 7 nitrogen and oxygen atoms in total. The minimum absolute atomic E-state index is 0.0482. The average Bonchev–Trinajstić information content (AvgIpc) is 3.15. The van der Waals surface area contributed by atoms with Crippen LogP contribution in [0.5, 0.6) is 5.75 Å². The van der Waals surface area contributed by atoms with Crippen LogP contribution in [0.1, 0.15) is 13.8 Å². The maximum absolute atomic E-state index is 13.6. The van der Waals surface area contributed by atoms with E-state index < -0.39 is 11.8 Å². The number of halogens is 1. The Morgan fingerprint density at radius 1 is 1.12 bits per heavy atom. The van der Waals surface area contributed by atoms with Gasteiger partial charge in [-0.2, -0.15) is 0 Å². The molecule has 0 unspecified atom stereocenters. The summed E-state index contributed by atoms with van der Waals surface area (Å²) >= 11 is 7.80. The van der Waals surface area contributed by atoms with E-state index in [2.05, 4.69) is 0 Å². The first-order valence-electron chi connectivity index (χ1n) is 10.4. The maximum atomic E-state index is 13.6. The number of ether oxygens (including phenoxy) is 2. The van der Waals surface area contributed by atoms with Gasteiger partial charge in [0.2, 0.25) is 0 Å². The predicted octanol–water partition coefficient (Wildman–Crippen LogP) is 5.16. The minimum atomic E-state index is -0.434. The van der Waals surface area contributed by atoms with Crippen molar-refractivity contribution in [1.29, 1.82) is 0 Å². The number of para-hydroxylation sites is 2. The molecule has 0 atom stereocenters. The summed E-state index contributed by atoms with van der Waals surface area (Å²) in [5, 5.41) is 0.257. The summed E-state index contributed by atoms with van der Waals surface area (Å²) in [5.41, 5.74) is 1.07. The first kappa shape index (κ1) is 24.1. The second kappa shape index (κ2) is 10.5. The molecule has 0 aliphatic heterocycles. The predicted molar refractivity (Wildman–Crippen MR) is 134 cm³/mol. The Morgan fingerprint density at radius 3 is 2.56 bits per heavy atom. The van der Waals surface area contributed by atoms with E-state index in [-0.39, 0.29) is 23.1 Å². The van der Waals surface area contributed by atoms with Crippen molar-refractivity contribution in [1.82, 2.24) is 14.1 Å². The highest BCUT2D eigenvalue weighted by Gasteiger charge is 2.21. The number of hydrogen-bond acceptors (Lipinski definition) is 8. The second-order valence-corrected chi connectivity index (χ2v) is 9.45. The molecule has 0 N–H and O–H groups in total. The van der Waals surface area contributed by atoms with Gasteiger partial charge in [-0.05, 0) is 62.5 Å². The fourth-order valence-electron chi connectivity index (χ4n) is 3.31. The molecule has 176 valence electrons. The van der Waals surface area contributed by atoms with Crippen molar-refractivity contribution in [2.45, 2.75) is 19.0 Å². The smallest absolute Gasteiger partial charge is 0.316 e. The minimum Gasteiger partial charge on any atom is -0.492 e. The summed E-state index contributed by atoms with van der Waals surface area (Å²) in [5.74, 6) is -0.309. The molecule has 34 heavy (non-hydrogen) atoms. The molecule has 4 rings (SSSR count). The zero-order valence-corrected chi connectivity index (χ0v) is 20.8. The first-order valence-corrected chi connectivity index (χ1v) is 12.6. The fraction of sp³-hybridized carbons (Fsp3) is 0.217. The van der Waals surface area contributed by atoms with Crippen LogP contribution in [0, 0.1) is 9.77 Å². The van der Waals surface area contributed by atoms with Crippen molar-refractivity contribution in [3.8, 4) is 17.1 Å². The summed E-state index contributed by atoms with van der Waals surface area (Å²) in [4.78, 5) is 30.4. The number of esters is 1. The van der Waals surface area contributed by atoms with Gasteiger partial charge in [-0.3, -0.25) is 18.7 Å². The van der Waals surface area contributed by atoms with Crippen LogP contribution < -0.4 is 10.3 Å². The quantitative estimate of drug-likeness (QED) is 0.138. The lowest BCUT2D eigenvalue weighted by Crippen LogP contribution is -2.22. The number of benzene rings is 2. The molecule has 0 amide bonds. The van der Waals surface area contributed by atoms with E-state index in [0.717, 1.165) is 23.1 Å². The highest BCUT2D eigenvalue weighted by molar-refractivity contribution is 7.99. The molecule has 0 aliphatic rings. The third-order valence-corrected chi connectivity index (χ3v) is 6.96. The van der Waals surface area contributed by atoms with Crippen molar-refractivity contribution in [2.75, 3.05) is 19.0 Å². The van der Waals surface area contributed by atoms with Crippen LogP contribution in [0.3, 0.4) is 0 Å². The Morgan fingerprint density at radius 2 is 1.85 bits per heavy atom. The molecule has 2 aromatic carbocycles. The number of carbonyl (C=O) groups excluding carboxylic acids is 1. The van der Waals surface area contributed by atoms with Gasteiger partial charge in [0.15, 0.2) is 14.8 Å². The Labute approximate surface area is 207 Å². The van der Waals surface area contributed by atoms with Gasteiger partial charge in [0.25, 0.3) is 5.56 Å². The molecule has 4 aromatic rings. The number of nitrogens with zero attached hydrogens (tertiary/aromatic N) is 3. The summed E-state index contributed by atoms with van der Waals surface area (Å²) in [6, 6.07) is 12.8. The third-order valence-electron chi connectivity index (χ3n) is 4.69. The van der Waals surface area contributed by atoms with E-state index in [1.54, 1.807) is 11.5 Å². The van der Waals surface area contributed by atoms with Crippen LogP contribution in [0.15, 0.2) is 58.5 Å². The average molecular weight is 518 g/mol. The molecule has 2 aromatic heterocycles. The zero-order chi connectivity index (χ0) is 24.2. The van der Waals surface area contributed by atoms with Crippen LogP contribution in [0.4, 0.5) is 4.39 Å². The topological polar surface area (TPSA) is 75.3 Å². The monoisotopic (exact) mass is 517 g/mol. The lowest BCUT2D eigenvalue weighted by Gasteiger charge is -2.14. The van der Waals surface area contributed by atoms with Crippen molar-refractivity contribution in [2.24, 2.45) is 0 Å². The number of thioether (sulfide) groups is 1. The van der Waals surface area contributed by atoms with Gasteiger partial charge in [-0.25, -0.2) is 9.37 Å². The van der Waals surface area contributed by atoms with Crippen molar-refractivity contribution >= 4 is 51.6 Å². The second-order valence-electron chi connectivity index (χ2n) is 6.86. The Hall–Kier alpha value is -3.02. The molecule has 11 heteroatoms. The van der Waals surface area contributed by atoms with Crippen LogP contribution in [-0.4, -0.2) is 39.1 Å². The number of hydrogen-bond donors (Lipinski definition) is 0. The van der Waals surface area contributed by atoms with E-state index in [9.17, 15) is 14.0 Å². The number of fused-ring (bicyclic) bond motifs is 1. The van der Waals surface area contributed by atoms with Gasteiger partial charge in [-0.15, -0.1) is 0 Å². The Bertz CT molecular complexity index is 1460. The van der Waals surface area contributed by atoms with Crippen LogP contribution in [-0.2, 0) is 9.53 Å². The molecule has 0 spiro atoms. The molecule has 0 fully saturated rings. The van der Waals surface area contributed by atoms with Crippen LogP contribution in [0.2, 0.25) is 0 Å². The van der Waals surface area contributed by atoms with E-state index in [4.69, 9.17) is 26.7 Å². The summed E-state index contributed by atoms with van der Waals surface area (Å²) in [6.45, 7) is 4.30. The highest BCUT2D eigenvalue weighted by Crippen LogP contribution is 2.31. The molecule has 0 saturated heterocycles. The van der Waals surface area contributed by atoms with Gasteiger partial charge < -0.3 is 9.47 Å². The standard InChI is InChI=1S/C23H20FN3O4S3/c1-3-30-17-8-6-5-7-16(17)27-20-19(34-23(27)32)21(29)26(15-11-9-14(24)10-12-15)22(25-20)33-13-18(28)31-4-2/h5-12H,3-4,13H2,1-2H3. The summed E-state index contributed by atoms with van der Waals surface area (Å²) < 4.78 is 28.1. The molecule has 0 saturated carbocycles. The fourth-order valence-corrected chi connectivity index (χ4v) is 5.40. The SMILES string of the molecule is CCOC(=O)CSc1nc2c(sc(=S)n2-c2ccccc2OCC)c(=O)n1-c1ccc(F)cc1. The van der Waals surface area contributed by atoms with Gasteiger partial charge in [0.05, 0.1) is 30.3 Å². The number of carbonyl (C=O) groups is 1. The number of rotatable bonds is 8. The Kier molecular flexibility index (Phi) is 7.44. The summed E-state index contributed by atoms with van der Waals surface area (Å²) in [6.07, 6.45) is 0. The van der Waals surface area contributed by atoms with Gasteiger partial charge >= 0.3 is 5.97 Å². The molecule has 0 bridgehead atoms. The van der Waals surface area contributed by atoms with Crippen LogP contribution in [0.25, 0.3) is 21.7 Å². The molecular formula is C23H20FN3O4S3. The summed E-state index contributed by atoms with van der Waals surface area (Å²) in [7, 11) is 0. The van der Waals surface area contributed by atoms with E-state index in [0.29, 0.717) is 38.0 Å². The van der Waals surface area contributed by atoms with Crippen molar-refractivity contribution < 1.29 is 18.7 Å². The van der Waals surface area contributed by atoms with Crippen LogP contribution >= 0.6 is 35.3 Å². The maximum Gasteiger partial charge on any atom is 0.316 e. The number of thiazole rings is 1. The molecule has 2 heterocycles. The molecule has 0 aliphatic carbocycles. The van der Waals surface area contributed by atoms with E-state index >= 15 is 0 Å². The molecular weight excluding hydrogens is 497 g/mol. The van der Waals surface area contributed by atoms with E-state index in [1.807, 2.05) is 31.2 Å². The van der Waals surface area contributed by atoms with Gasteiger partial charge in [0, 0.05) is 0 Å². The zero-order valence-electron chi connectivity index (χ0n) is 18.3. The van der Waals surface area contributed by atoms with E-state index in [1.165, 1.54) is 28.8 Å². The van der Waals surface area contributed by atoms with Gasteiger partial charge in [0.1, 0.15) is 16.3 Å². The lowest BCUT2D eigenvalue weighted by atomic mass is 10.3. The largest absolute Gasteiger partial charge is 0.492 e.